The van der Waals surface area contributed by atoms with Crippen LogP contribution in [0.4, 0.5) is 0 Å². The summed E-state index contributed by atoms with van der Waals surface area (Å²) in [6, 6.07) is 0. The SMILES string of the molecule is C=CCC(=O)c1nccn1CC. The summed E-state index contributed by atoms with van der Waals surface area (Å²) in [5.41, 5.74) is 0. The summed E-state index contributed by atoms with van der Waals surface area (Å²) in [6.45, 7) is 6.26. The van der Waals surface area contributed by atoms with Crippen LogP contribution in [-0.4, -0.2) is 15.3 Å². The summed E-state index contributed by atoms with van der Waals surface area (Å²) >= 11 is 0. The number of Topliss-reactive ketones (excluding diaryl/α,β-unsaturated/α-hetero) is 1. The Bertz CT molecular complexity index is 288. The number of carbonyl (C=O) groups is 1. The lowest BCUT2D eigenvalue weighted by molar-refractivity contribution is 0.0982. The van der Waals surface area contributed by atoms with Crippen molar-refractivity contribution < 1.29 is 4.79 Å². The molecule has 0 fully saturated rings. The van der Waals surface area contributed by atoms with Crippen molar-refractivity contribution in [3.05, 3.63) is 30.9 Å². The Labute approximate surface area is 71.7 Å². The summed E-state index contributed by atoms with van der Waals surface area (Å²) in [7, 11) is 0. The Morgan fingerprint density at radius 2 is 2.58 bits per heavy atom. The fraction of sp³-hybridized carbons (Fsp3) is 0.333. The number of hydrogen-bond donors (Lipinski definition) is 0. The average molecular weight is 164 g/mol. The van der Waals surface area contributed by atoms with Crippen LogP contribution in [0.3, 0.4) is 0 Å². The average Bonchev–Trinajstić information content (AvgIpc) is 2.51. The van der Waals surface area contributed by atoms with Gasteiger partial charge in [0.1, 0.15) is 0 Å². The maximum atomic E-state index is 11.3. The van der Waals surface area contributed by atoms with Crippen LogP contribution in [0, 0.1) is 0 Å². The molecule has 64 valence electrons. The van der Waals surface area contributed by atoms with E-state index < -0.39 is 0 Å². The molecule has 0 amide bonds. The quantitative estimate of drug-likeness (QED) is 0.501. The molecule has 0 unspecified atom stereocenters. The van der Waals surface area contributed by atoms with E-state index in [-0.39, 0.29) is 5.78 Å². The highest BCUT2D eigenvalue weighted by Gasteiger charge is 2.08. The third kappa shape index (κ3) is 1.61. The van der Waals surface area contributed by atoms with Gasteiger partial charge in [0.2, 0.25) is 5.78 Å². The highest BCUT2D eigenvalue weighted by Crippen LogP contribution is 2.01. The van der Waals surface area contributed by atoms with Crippen molar-refractivity contribution in [3.8, 4) is 0 Å². The summed E-state index contributed by atoms with van der Waals surface area (Å²) in [4.78, 5) is 15.3. The Hall–Kier alpha value is -1.38. The summed E-state index contributed by atoms with van der Waals surface area (Å²) in [5.74, 6) is 0.550. The molecular formula is C9H12N2O. The van der Waals surface area contributed by atoms with Crippen LogP contribution in [0.15, 0.2) is 25.0 Å². The minimum atomic E-state index is 0.0249. The molecule has 0 N–H and O–H groups in total. The van der Waals surface area contributed by atoms with Gasteiger partial charge in [-0.1, -0.05) is 6.08 Å². The lowest BCUT2D eigenvalue weighted by Gasteiger charge is -2.00. The van der Waals surface area contributed by atoms with Crippen molar-refractivity contribution in [1.82, 2.24) is 9.55 Å². The fourth-order valence-electron chi connectivity index (χ4n) is 1.04. The molecule has 1 rings (SSSR count). The highest BCUT2D eigenvalue weighted by atomic mass is 16.1. The summed E-state index contributed by atoms with van der Waals surface area (Å²) in [6.07, 6.45) is 5.39. The zero-order chi connectivity index (χ0) is 8.97. The van der Waals surface area contributed by atoms with Gasteiger partial charge in [0.25, 0.3) is 0 Å². The molecule has 0 aliphatic rings. The number of aryl methyl sites for hydroxylation is 1. The van der Waals surface area contributed by atoms with Gasteiger partial charge in [-0.3, -0.25) is 4.79 Å². The maximum Gasteiger partial charge on any atom is 0.201 e. The molecule has 0 radical (unpaired) electrons. The first-order chi connectivity index (χ1) is 5.79. The molecule has 0 spiro atoms. The third-order valence-corrected chi connectivity index (χ3v) is 1.64. The highest BCUT2D eigenvalue weighted by molar-refractivity contribution is 5.93. The van der Waals surface area contributed by atoms with Crippen molar-refractivity contribution >= 4 is 5.78 Å². The van der Waals surface area contributed by atoms with Crippen LogP contribution in [0.25, 0.3) is 0 Å². The molecule has 0 saturated carbocycles. The third-order valence-electron chi connectivity index (χ3n) is 1.64. The van der Waals surface area contributed by atoms with Crippen LogP contribution < -0.4 is 0 Å². The van der Waals surface area contributed by atoms with Crippen LogP contribution >= 0.6 is 0 Å². The van der Waals surface area contributed by atoms with Crippen LogP contribution in [0.5, 0.6) is 0 Å². The second kappa shape index (κ2) is 3.85. The molecule has 0 aromatic carbocycles. The monoisotopic (exact) mass is 164 g/mol. The van der Waals surface area contributed by atoms with Gasteiger partial charge in [-0.15, -0.1) is 6.58 Å². The predicted molar refractivity (Wildman–Crippen MR) is 47.0 cm³/mol. The smallest absolute Gasteiger partial charge is 0.201 e. The summed E-state index contributed by atoms with van der Waals surface area (Å²) < 4.78 is 1.83. The largest absolute Gasteiger partial charge is 0.329 e. The van der Waals surface area contributed by atoms with Gasteiger partial charge in [-0.05, 0) is 6.92 Å². The number of nitrogens with zero attached hydrogens (tertiary/aromatic N) is 2. The topological polar surface area (TPSA) is 34.9 Å². The molecule has 0 aliphatic carbocycles. The second-order valence-corrected chi connectivity index (χ2v) is 2.45. The first-order valence-corrected chi connectivity index (χ1v) is 3.94. The Balaban J connectivity index is 2.85. The molecule has 3 nitrogen and oxygen atoms in total. The first-order valence-electron chi connectivity index (χ1n) is 3.94. The molecule has 1 aromatic rings. The van der Waals surface area contributed by atoms with E-state index in [1.54, 1.807) is 18.5 Å². The van der Waals surface area contributed by atoms with Crippen LogP contribution in [0.2, 0.25) is 0 Å². The molecule has 0 aliphatic heterocycles. The van der Waals surface area contributed by atoms with Crippen molar-refractivity contribution in [2.24, 2.45) is 0 Å². The number of imidazole rings is 1. The Morgan fingerprint density at radius 1 is 1.83 bits per heavy atom. The second-order valence-electron chi connectivity index (χ2n) is 2.45. The van der Waals surface area contributed by atoms with Gasteiger partial charge in [0, 0.05) is 25.4 Å². The van der Waals surface area contributed by atoms with E-state index in [0.29, 0.717) is 12.2 Å². The van der Waals surface area contributed by atoms with Crippen molar-refractivity contribution in [2.45, 2.75) is 19.9 Å². The molecular weight excluding hydrogens is 152 g/mol. The minimum Gasteiger partial charge on any atom is -0.329 e. The van der Waals surface area contributed by atoms with Gasteiger partial charge in [0.05, 0.1) is 0 Å². The predicted octanol–water partition coefficient (Wildman–Crippen LogP) is 1.66. The van der Waals surface area contributed by atoms with Gasteiger partial charge in [-0.2, -0.15) is 0 Å². The Kier molecular flexibility index (Phi) is 2.80. The van der Waals surface area contributed by atoms with E-state index in [9.17, 15) is 4.79 Å². The Morgan fingerprint density at radius 3 is 3.17 bits per heavy atom. The lowest BCUT2D eigenvalue weighted by Crippen LogP contribution is -2.07. The first kappa shape index (κ1) is 8.71. The molecule has 1 aromatic heterocycles. The number of rotatable bonds is 4. The number of carbonyl (C=O) groups excluding carboxylic acids is 1. The van der Waals surface area contributed by atoms with E-state index in [1.165, 1.54) is 0 Å². The van der Waals surface area contributed by atoms with Crippen molar-refractivity contribution in [1.29, 1.82) is 0 Å². The molecule has 0 bridgehead atoms. The number of aromatic nitrogens is 2. The normalized spacial score (nSPS) is 9.75. The number of hydrogen-bond acceptors (Lipinski definition) is 2. The molecule has 12 heavy (non-hydrogen) atoms. The van der Waals surface area contributed by atoms with Gasteiger partial charge >= 0.3 is 0 Å². The van der Waals surface area contributed by atoms with E-state index in [4.69, 9.17) is 0 Å². The zero-order valence-electron chi connectivity index (χ0n) is 7.16. The molecule has 0 saturated heterocycles. The number of ketones is 1. The van der Waals surface area contributed by atoms with Crippen LogP contribution in [-0.2, 0) is 6.54 Å². The molecule has 0 atom stereocenters. The van der Waals surface area contributed by atoms with Gasteiger partial charge < -0.3 is 4.57 Å². The van der Waals surface area contributed by atoms with Crippen molar-refractivity contribution in [3.63, 3.8) is 0 Å². The summed E-state index contributed by atoms with van der Waals surface area (Å²) in [5, 5.41) is 0. The van der Waals surface area contributed by atoms with Gasteiger partial charge in [0.15, 0.2) is 5.82 Å². The standard InChI is InChI=1S/C9H12N2O/c1-3-5-8(12)9-10-6-7-11(9)4-2/h3,6-7H,1,4-5H2,2H3. The van der Waals surface area contributed by atoms with E-state index in [2.05, 4.69) is 11.6 Å². The zero-order valence-corrected chi connectivity index (χ0v) is 7.16. The minimum absolute atomic E-state index is 0.0249. The van der Waals surface area contributed by atoms with Crippen LogP contribution in [0.1, 0.15) is 24.0 Å². The maximum absolute atomic E-state index is 11.3. The fourth-order valence-corrected chi connectivity index (χ4v) is 1.04. The van der Waals surface area contributed by atoms with Crippen molar-refractivity contribution in [2.75, 3.05) is 0 Å². The van der Waals surface area contributed by atoms with Gasteiger partial charge in [-0.25, -0.2) is 4.98 Å². The van der Waals surface area contributed by atoms with E-state index in [0.717, 1.165) is 6.54 Å². The molecule has 1 heterocycles. The van der Waals surface area contributed by atoms with E-state index in [1.807, 2.05) is 11.5 Å². The van der Waals surface area contributed by atoms with E-state index >= 15 is 0 Å². The molecule has 3 heteroatoms. The number of allylic oxidation sites excluding steroid dienone is 1. The lowest BCUT2D eigenvalue weighted by atomic mass is 10.2.